The van der Waals surface area contributed by atoms with Gasteiger partial charge in [0.15, 0.2) is 5.69 Å². The number of carbonyl (C=O) groups excluding carboxylic acids is 2. The lowest BCUT2D eigenvalue weighted by molar-refractivity contribution is -0.130. The van der Waals surface area contributed by atoms with Crippen LogP contribution in [0.3, 0.4) is 0 Å². The lowest BCUT2D eigenvalue weighted by Gasteiger charge is -2.26. The monoisotopic (exact) mass is 285 g/mol. The first-order valence-corrected chi connectivity index (χ1v) is 6.36. The van der Waals surface area contributed by atoms with Crippen LogP contribution in [0.4, 0.5) is 8.78 Å². The molecule has 8 heteroatoms. The lowest BCUT2D eigenvalue weighted by Crippen LogP contribution is -2.46. The highest BCUT2D eigenvalue weighted by molar-refractivity contribution is 5.93. The van der Waals surface area contributed by atoms with Gasteiger partial charge in [-0.25, -0.2) is 8.78 Å². The predicted octanol–water partition coefficient (Wildman–Crippen LogP) is 1.12. The predicted molar refractivity (Wildman–Crippen MR) is 61.4 cm³/mol. The molecule has 2 aliphatic rings. The number of fused-ring (bicyclic) bond motifs is 2. The summed E-state index contributed by atoms with van der Waals surface area (Å²) in [5.74, 6) is -5.16. The fraction of sp³-hybridized carbons (Fsp3) is 0.583. The van der Waals surface area contributed by atoms with Crippen LogP contribution in [0.25, 0.3) is 0 Å². The summed E-state index contributed by atoms with van der Waals surface area (Å²) in [6, 6.07) is 1.35. The summed E-state index contributed by atoms with van der Waals surface area (Å²) in [5, 5.41) is 3.41. The Hall–Kier alpha value is -1.99. The molecule has 2 fully saturated rings. The molecule has 2 N–H and O–H groups in total. The Bertz CT molecular complexity index is 532. The molecule has 0 radical (unpaired) electrons. The fourth-order valence-electron chi connectivity index (χ4n) is 3.14. The average molecular weight is 285 g/mol. The number of nitrogens with one attached hydrogen (secondary N) is 2. The summed E-state index contributed by atoms with van der Waals surface area (Å²) in [4.78, 5) is 23.4. The van der Waals surface area contributed by atoms with E-state index in [9.17, 15) is 18.4 Å². The molecule has 0 aromatic carbocycles. The molecule has 1 heterocycles. The van der Waals surface area contributed by atoms with Crippen molar-refractivity contribution in [2.45, 2.75) is 25.2 Å². The smallest absolute Gasteiger partial charge is 0.291 e. The normalized spacial score (nSPS) is 30.2. The highest BCUT2D eigenvalue weighted by atomic mass is 19.3. The first-order chi connectivity index (χ1) is 9.47. The zero-order valence-electron chi connectivity index (χ0n) is 10.4. The highest BCUT2D eigenvalue weighted by Gasteiger charge is 2.58. The average Bonchev–Trinajstić information content (AvgIpc) is 3.08. The maximum absolute atomic E-state index is 13.4. The SMILES string of the molecule is O=C(NNC(=O)[C@H]1C[C@@H]2C[C@H]1CC2(F)F)c1ccon1. The van der Waals surface area contributed by atoms with E-state index in [2.05, 4.69) is 20.5 Å². The highest BCUT2D eigenvalue weighted by Crippen LogP contribution is 2.56. The molecular weight excluding hydrogens is 272 g/mol. The maximum Gasteiger partial charge on any atom is 0.291 e. The molecular formula is C12H13F2N3O3. The Kier molecular flexibility index (Phi) is 2.95. The largest absolute Gasteiger partial charge is 0.364 e. The van der Waals surface area contributed by atoms with E-state index in [-0.39, 0.29) is 24.5 Å². The van der Waals surface area contributed by atoms with Gasteiger partial charge in [0.2, 0.25) is 5.91 Å². The zero-order valence-corrected chi connectivity index (χ0v) is 10.4. The standard InChI is InChI=1S/C12H13F2N3O3/c13-12(14)5-6-3-7(12)4-8(6)10(18)15-16-11(19)9-1-2-20-17-9/h1-2,6-8H,3-5H2,(H,15,18)(H,16,19)/t6-,7-,8-/m0/s1. The van der Waals surface area contributed by atoms with Crippen LogP contribution in [0.15, 0.2) is 16.9 Å². The van der Waals surface area contributed by atoms with Gasteiger partial charge in [-0.2, -0.15) is 0 Å². The molecule has 2 saturated carbocycles. The summed E-state index contributed by atoms with van der Waals surface area (Å²) in [5.41, 5.74) is 4.49. The number of halogens is 2. The van der Waals surface area contributed by atoms with Crippen LogP contribution in [-0.4, -0.2) is 22.9 Å². The third-order valence-electron chi connectivity index (χ3n) is 4.13. The van der Waals surface area contributed by atoms with Gasteiger partial charge in [-0.3, -0.25) is 20.4 Å². The number of carbonyl (C=O) groups is 2. The van der Waals surface area contributed by atoms with E-state index in [1.807, 2.05) is 0 Å². The van der Waals surface area contributed by atoms with E-state index >= 15 is 0 Å². The van der Waals surface area contributed by atoms with Crippen LogP contribution in [0.2, 0.25) is 0 Å². The van der Waals surface area contributed by atoms with Gasteiger partial charge in [0.25, 0.3) is 11.8 Å². The molecule has 0 unspecified atom stereocenters. The molecule has 1 aromatic heterocycles. The number of rotatable bonds is 2. The summed E-state index contributed by atoms with van der Waals surface area (Å²) in [6.07, 6.45) is 1.54. The second-order valence-electron chi connectivity index (χ2n) is 5.33. The van der Waals surface area contributed by atoms with Crippen LogP contribution >= 0.6 is 0 Å². The summed E-state index contributed by atoms with van der Waals surface area (Å²) in [6.45, 7) is 0. The summed E-state index contributed by atoms with van der Waals surface area (Å²) in [7, 11) is 0. The number of alkyl halides is 2. The van der Waals surface area contributed by atoms with Crippen molar-refractivity contribution in [1.82, 2.24) is 16.0 Å². The number of nitrogens with zero attached hydrogens (tertiary/aromatic N) is 1. The second-order valence-corrected chi connectivity index (χ2v) is 5.33. The zero-order chi connectivity index (χ0) is 14.3. The molecule has 3 rings (SSSR count). The van der Waals surface area contributed by atoms with E-state index in [0.29, 0.717) is 6.42 Å². The van der Waals surface area contributed by atoms with Gasteiger partial charge in [-0.15, -0.1) is 0 Å². The Morgan fingerprint density at radius 3 is 2.70 bits per heavy atom. The van der Waals surface area contributed by atoms with Gasteiger partial charge in [-0.1, -0.05) is 5.16 Å². The molecule has 0 aliphatic heterocycles. The van der Waals surface area contributed by atoms with Gasteiger partial charge in [0.1, 0.15) is 6.26 Å². The van der Waals surface area contributed by atoms with Crippen molar-refractivity contribution in [3.05, 3.63) is 18.0 Å². The van der Waals surface area contributed by atoms with E-state index < -0.39 is 29.6 Å². The summed E-state index contributed by atoms with van der Waals surface area (Å²) < 4.78 is 31.2. The minimum absolute atomic E-state index is 0.0322. The van der Waals surface area contributed by atoms with Crippen LogP contribution in [0, 0.1) is 17.8 Å². The van der Waals surface area contributed by atoms with Crippen molar-refractivity contribution in [3.63, 3.8) is 0 Å². The van der Waals surface area contributed by atoms with E-state index in [0.717, 1.165) is 0 Å². The molecule has 6 nitrogen and oxygen atoms in total. The minimum atomic E-state index is -2.65. The number of hydrogen-bond donors (Lipinski definition) is 2. The van der Waals surface area contributed by atoms with E-state index in [1.54, 1.807) is 0 Å². The molecule has 20 heavy (non-hydrogen) atoms. The molecule has 2 aliphatic carbocycles. The van der Waals surface area contributed by atoms with Crippen molar-refractivity contribution in [2.24, 2.45) is 17.8 Å². The van der Waals surface area contributed by atoms with Gasteiger partial charge in [0, 0.05) is 24.3 Å². The van der Waals surface area contributed by atoms with Gasteiger partial charge < -0.3 is 4.52 Å². The van der Waals surface area contributed by atoms with Gasteiger partial charge in [-0.05, 0) is 18.8 Å². The van der Waals surface area contributed by atoms with Crippen LogP contribution in [-0.2, 0) is 4.79 Å². The first kappa shape index (κ1) is 13.0. The molecule has 0 saturated heterocycles. The summed E-state index contributed by atoms with van der Waals surface area (Å²) >= 11 is 0. The van der Waals surface area contributed by atoms with Crippen molar-refractivity contribution in [2.75, 3.05) is 0 Å². The molecule has 2 amide bonds. The Balaban J connectivity index is 1.53. The Labute approximate surface area is 112 Å². The fourth-order valence-corrected chi connectivity index (χ4v) is 3.14. The van der Waals surface area contributed by atoms with Crippen molar-refractivity contribution in [3.8, 4) is 0 Å². The molecule has 3 atom stereocenters. The lowest BCUT2D eigenvalue weighted by atomic mass is 9.86. The topological polar surface area (TPSA) is 84.2 Å². The number of amides is 2. The minimum Gasteiger partial charge on any atom is -0.364 e. The van der Waals surface area contributed by atoms with Crippen molar-refractivity contribution >= 4 is 11.8 Å². The molecule has 108 valence electrons. The Morgan fingerprint density at radius 1 is 1.35 bits per heavy atom. The molecule has 1 aromatic rings. The molecule has 2 bridgehead atoms. The number of hydrazine groups is 1. The van der Waals surface area contributed by atoms with Crippen LogP contribution < -0.4 is 10.9 Å². The third kappa shape index (κ3) is 2.14. The van der Waals surface area contributed by atoms with Crippen LogP contribution in [0.1, 0.15) is 29.8 Å². The second kappa shape index (κ2) is 4.53. The Morgan fingerprint density at radius 2 is 2.15 bits per heavy atom. The third-order valence-corrected chi connectivity index (χ3v) is 4.13. The number of hydrogen-bond acceptors (Lipinski definition) is 4. The molecule has 0 spiro atoms. The van der Waals surface area contributed by atoms with Crippen molar-refractivity contribution < 1.29 is 22.9 Å². The maximum atomic E-state index is 13.4. The van der Waals surface area contributed by atoms with E-state index in [4.69, 9.17) is 0 Å². The number of aromatic nitrogens is 1. The van der Waals surface area contributed by atoms with E-state index in [1.165, 1.54) is 12.3 Å². The quantitative estimate of drug-likeness (QED) is 0.797. The first-order valence-electron chi connectivity index (χ1n) is 6.36. The van der Waals surface area contributed by atoms with Gasteiger partial charge in [0.05, 0.1) is 0 Å². The van der Waals surface area contributed by atoms with Crippen molar-refractivity contribution in [1.29, 1.82) is 0 Å². The van der Waals surface area contributed by atoms with Crippen LogP contribution in [0.5, 0.6) is 0 Å². The van der Waals surface area contributed by atoms with Gasteiger partial charge >= 0.3 is 0 Å².